The predicted octanol–water partition coefficient (Wildman–Crippen LogP) is 24.4. The highest BCUT2D eigenvalue weighted by molar-refractivity contribution is 5.92. The smallest absolute Gasteiger partial charge is 0.306 e. The Labute approximate surface area is 539 Å². The topological polar surface area (TPSA) is 104 Å². The maximum Gasteiger partial charge on any atom is 0.306 e. The summed E-state index contributed by atoms with van der Waals surface area (Å²) in [5, 5.41) is 0. The highest BCUT2D eigenvalue weighted by Gasteiger charge is 2.29. The van der Waals surface area contributed by atoms with Crippen LogP contribution in [-0.2, 0) is 33.4 Å². The summed E-state index contributed by atoms with van der Waals surface area (Å²) in [6.07, 6.45) is 56.8. The lowest BCUT2D eigenvalue weighted by Gasteiger charge is -2.31. The van der Waals surface area contributed by atoms with Gasteiger partial charge in [-0.15, -0.1) is 12.3 Å². The van der Waals surface area contributed by atoms with Crippen molar-refractivity contribution in [1.29, 1.82) is 0 Å². The number of ether oxygens (including phenoxy) is 2. The van der Waals surface area contributed by atoms with Crippen molar-refractivity contribution in [2.75, 3.05) is 13.2 Å². The Morgan fingerprint density at radius 1 is 0.483 bits per heavy atom. The number of allylic oxidation sites excluding steroid dienone is 8. The number of hydrogen-bond donors (Lipinski definition) is 0. The molecule has 2 fully saturated rings. The van der Waals surface area contributed by atoms with E-state index in [0.29, 0.717) is 56.5 Å². The van der Waals surface area contributed by atoms with Crippen LogP contribution in [0.3, 0.4) is 0 Å². The third-order valence-electron chi connectivity index (χ3n) is 16.5. The number of rotatable bonds is 46. The molecule has 5 atom stereocenters. The maximum absolute atomic E-state index is 12.3. The van der Waals surface area contributed by atoms with E-state index in [2.05, 4.69) is 99.4 Å². The molecular formula is C80H140O7. The zero-order chi connectivity index (χ0) is 66.0. The first-order chi connectivity index (χ1) is 42.1. The van der Waals surface area contributed by atoms with Crippen molar-refractivity contribution in [3.05, 3.63) is 98.7 Å². The van der Waals surface area contributed by atoms with Gasteiger partial charge in [-0.25, -0.2) is 0 Å². The first-order valence-corrected chi connectivity index (χ1v) is 35.9. The number of ketones is 4. The van der Waals surface area contributed by atoms with Gasteiger partial charge in [0, 0.05) is 38.0 Å². The van der Waals surface area contributed by atoms with Gasteiger partial charge in [0.1, 0.15) is 5.76 Å². The fourth-order valence-corrected chi connectivity index (χ4v) is 10.9. The molecule has 0 aromatic heterocycles. The zero-order valence-electron chi connectivity index (χ0n) is 58.9. The van der Waals surface area contributed by atoms with Crippen molar-refractivity contribution in [2.45, 2.75) is 332 Å². The third-order valence-corrected chi connectivity index (χ3v) is 16.5. The summed E-state index contributed by atoms with van der Waals surface area (Å²) in [5.74, 6) is 2.77. The highest BCUT2D eigenvalue weighted by Crippen LogP contribution is 2.35. The monoisotopic (exact) mass is 1210 g/mol. The number of hydrogen-bond acceptors (Lipinski definition) is 7. The van der Waals surface area contributed by atoms with E-state index in [0.717, 1.165) is 69.3 Å². The Balaban J connectivity index is -0.000000536. The summed E-state index contributed by atoms with van der Waals surface area (Å²) in [6, 6.07) is 0. The number of unbranched alkanes of at least 4 members (excludes halogenated alkanes) is 22. The summed E-state index contributed by atoms with van der Waals surface area (Å²) >= 11 is 0. The summed E-state index contributed by atoms with van der Waals surface area (Å²) in [7, 11) is 0. The van der Waals surface area contributed by atoms with Crippen molar-refractivity contribution >= 4 is 29.1 Å². The molecule has 7 nitrogen and oxygen atoms in total. The van der Waals surface area contributed by atoms with Gasteiger partial charge in [0.15, 0.2) is 23.1 Å². The van der Waals surface area contributed by atoms with Crippen molar-refractivity contribution in [1.82, 2.24) is 0 Å². The molecule has 7 heteroatoms. The lowest BCUT2D eigenvalue weighted by atomic mass is 9.73. The van der Waals surface area contributed by atoms with Crippen LogP contribution in [-0.4, -0.2) is 42.3 Å². The van der Waals surface area contributed by atoms with Crippen LogP contribution in [0.5, 0.6) is 0 Å². The van der Waals surface area contributed by atoms with Gasteiger partial charge in [-0.2, -0.15) is 0 Å². The van der Waals surface area contributed by atoms with Gasteiger partial charge in [0.2, 0.25) is 0 Å². The summed E-state index contributed by atoms with van der Waals surface area (Å²) in [6.45, 7) is 44.4. The Morgan fingerprint density at radius 3 is 1.32 bits per heavy atom. The van der Waals surface area contributed by atoms with E-state index < -0.39 is 0 Å². The first-order valence-electron chi connectivity index (χ1n) is 35.9. The molecule has 502 valence electrons. The number of carbonyl (C=O) groups excluding carboxylic acids is 5. The van der Waals surface area contributed by atoms with Crippen LogP contribution in [0.25, 0.3) is 0 Å². The second kappa shape index (κ2) is 69.2. The fraction of sp³-hybridized carbons (Fsp3) is 0.738. The lowest BCUT2D eigenvalue weighted by Crippen LogP contribution is -2.27. The van der Waals surface area contributed by atoms with Crippen molar-refractivity contribution < 1.29 is 33.4 Å². The van der Waals surface area contributed by atoms with E-state index in [9.17, 15) is 24.0 Å². The van der Waals surface area contributed by atoms with Crippen molar-refractivity contribution in [3.63, 3.8) is 0 Å². The molecule has 0 bridgehead atoms. The van der Waals surface area contributed by atoms with Gasteiger partial charge >= 0.3 is 5.97 Å². The fourth-order valence-electron chi connectivity index (χ4n) is 10.9. The molecule has 2 aliphatic carbocycles. The molecule has 0 heterocycles. The van der Waals surface area contributed by atoms with E-state index in [4.69, 9.17) is 9.47 Å². The first kappa shape index (κ1) is 89.1. The molecule has 0 amide bonds. The van der Waals surface area contributed by atoms with Crippen molar-refractivity contribution in [2.24, 2.45) is 35.5 Å². The molecule has 0 aromatic carbocycles. The highest BCUT2D eigenvalue weighted by atomic mass is 16.5. The van der Waals surface area contributed by atoms with Crippen LogP contribution >= 0.6 is 0 Å². The minimum Gasteiger partial charge on any atom is -0.490 e. The normalized spacial score (nSPS) is 15.8. The second-order valence-corrected chi connectivity index (χ2v) is 24.7. The largest absolute Gasteiger partial charge is 0.490 e. The molecule has 2 aliphatic rings. The Hall–Kier alpha value is -4.31. The number of esters is 1. The Bertz CT molecular complexity index is 1820. The minimum atomic E-state index is -0.255. The van der Waals surface area contributed by atoms with Crippen LogP contribution in [0.1, 0.15) is 332 Å². The SMILES string of the molecule is C=C=C(C)CC(CC(=O)C=C)CC(=O)/C=C\CCCCCCCC.C=C=C(CC(CC(=O)C=C)CC(=O)OCCCCCCCC)OCCCCCCCC.C=CC(=O)C1CC[C@@H](C=C)CC1C.CC.CC1CCCCCC1.CCCCCCCCC. The molecule has 0 saturated heterocycles. The summed E-state index contributed by atoms with van der Waals surface area (Å²) < 4.78 is 11.2. The molecule has 87 heavy (non-hydrogen) atoms. The van der Waals surface area contributed by atoms with Crippen molar-refractivity contribution in [3.8, 4) is 0 Å². The van der Waals surface area contributed by atoms with Crippen LogP contribution in [0.15, 0.2) is 98.7 Å². The molecule has 2 rings (SSSR count). The van der Waals surface area contributed by atoms with Crippen LogP contribution < -0.4 is 0 Å². The van der Waals surface area contributed by atoms with Gasteiger partial charge in [-0.1, -0.05) is 293 Å². The Morgan fingerprint density at radius 2 is 0.908 bits per heavy atom. The zero-order valence-corrected chi connectivity index (χ0v) is 58.9. The van der Waals surface area contributed by atoms with Gasteiger partial charge < -0.3 is 9.47 Å². The molecule has 4 unspecified atom stereocenters. The quantitative estimate of drug-likeness (QED) is 0.0114. The van der Waals surface area contributed by atoms with Gasteiger partial charge in [0.05, 0.1) is 13.2 Å². The molecule has 2 saturated carbocycles. The van der Waals surface area contributed by atoms with E-state index in [1.807, 2.05) is 32.9 Å². The van der Waals surface area contributed by atoms with E-state index in [1.165, 1.54) is 185 Å². The van der Waals surface area contributed by atoms with Crippen LogP contribution in [0, 0.1) is 35.5 Å². The predicted molar refractivity (Wildman–Crippen MR) is 379 cm³/mol. The Kier molecular flexibility index (Phi) is 70.9. The minimum absolute atomic E-state index is 0.0101. The van der Waals surface area contributed by atoms with Crippen LogP contribution in [0.2, 0.25) is 0 Å². The molecule has 0 aliphatic heterocycles. The lowest BCUT2D eigenvalue weighted by molar-refractivity contribution is -0.145. The standard InChI is InChI=1S/C27H46O4.C22H34O2.C12H18O.C9H20.C8H16.C2H6/c1-5-9-11-13-15-17-19-30-26(8-4)22-24(21-25(28)7-3)23-27(29)31-20-18-16-14-12-10-6-2;1-5-8-9-10-11-12-13-14-15-22(24)18-20(16-19(4)6-2)17-21(23)7-3;1-4-10-6-7-11(9(3)8-10)12(13)5-2;1-3-5-7-9-8-6-4-2;1-8-6-4-2-3-5-7-8;1-2/h7,24H,3-6,9-23H2,1-2H3;7,14-15,20H,2-3,5,8-13,16-18H2,1,4H3;4-5,9-11H,1-2,6-8H2,3H3;3-9H2,1-2H3;8H,2-7H2,1H3;1-2H3/b;15-14-;;;;/t;;9?,10-,11?;;;/m..1.../s1. The van der Waals surface area contributed by atoms with E-state index in [-0.39, 0.29) is 59.7 Å². The third kappa shape index (κ3) is 61.7. The average molecular weight is 1210 g/mol. The molecule has 0 N–H and O–H groups in total. The van der Waals surface area contributed by atoms with Gasteiger partial charge in [-0.05, 0) is 118 Å². The van der Waals surface area contributed by atoms with E-state index >= 15 is 0 Å². The number of carbonyl (C=O) groups is 5. The molecule has 0 spiro atoms. The summed E-state index contributed by atoms with van der Waals surface area (Å²) in [4.78, 5) is 59.3. The van der Waals surface area contributed by atoms with Crippen LogP contribution in [0.4, 0.5) is 0 Å². The average Bonchev–Trinajstić information content (AvgIpc) is 3.88. The molecular weight excluding hydrogens is 1070 g/mol. The summed E-state index contributed by atoms with van der Waals surface area (Å²) in [5.41, 5.74) is 6.67. The molecule has 0 radical (unpaired) electrons. The van der Waals surface area contributed by atoms with Gasteiger partial charge in [0.25, 0.3) is 0 Å². The molecule has 0 aromatic rings. The van der Waals surface area contributed by atoms with Gasteiger partial charge in [-0.3, -0.25) is 24.0 Å². The second-order valence-electron chi connectivity index (χ2n) is 24.7. The maximum atomic E-state index is 12.3. The van der Waals surface area contributed by atoms with E-state index in [1.54, 1.807) is 6.08 Å².